The quantitative estimate of drug-likeness (QED) is 0.0706. The summed E-state index contributed by atoms with van der Waals surface area (Å²) in [5, 5.41) is 41.3. The van der Waals surface area contributed by atoms with Gasteiger partial charge in [-0.3, -0.25) is 15.0 Å². The molecule has 404 valence electrons. The number of aromatic carboxylic acids is 4. The molecule has 4 aromatic carbocycles. The number of nitrogens with zero attached hydrogens (tertiary/aromatic N) is 3. The van der Waals surface area contributed by atoms with Crippen molar-refractivity contribution < 1.29 is 58.6 Å². The molecular formula is C62H69N3O12. The second kappa shape index (κ2) is 30.1. The van der Waals surface area contributed by atoms with Crippen molar-refractivity contribution in [3.63, 3.8) is 0 Å². The fraction of sp³-hybridized carbons (Fsp3) is 0.306. The van der Waals surface area contributed by atoms with Gasteiger partial charge in [-0.15, -0.1) is 0 Å². The zero-order valence-electron chi connectivity index (χ0n) is 44.9. The number of ether oxygens (including phenoxy) is 4. The molecule has 0 spiro atoms. The highest BCUT2D eigenvalue weighted by molar-refractivity contribution is 5.91. The fourth-order valence-electron chi connectivity index (χ4n) is 8.29. The number of carboxylic acids is 4. The second-order valence-corrected chi connectivity index (χ2v) is 18.2. The van der Waals surface area contributed by atoms with Crippen LogP contribution < -0.4 is 18.9 Å². The molecule has 0 atom stereocenters. The van der Waals surface area contributed by atoms with Gasteiger partial charge < -0.3 is 39.4 Å². The summed E-state index contributed by atoms with van der Waals surface area (Å²) >= 11 is 0. The van der Waals surface area contributed by atoms with Crippen LogP contribution in [0.1, 0.15) is 156 Å². The van der Waals surface area contributed by atoms with Crippen LogP contribution in [0, 0.1) is 20.8 Å². The molecule has 3 heterocycles. The van der Waals surface area contributed by atoms with Crippen LogP contribution in [0.4, 0.5) is 0 Å². The Morgan fingerprint density at radius 1 is 0.364 bits per heavy atom. The summed E-state index contributed by atoms with van der Waals surface area (Å²) in [6.07, 6.45) is 7.94. The van der Waals surface area contributed by atoms with Gasteiger partial charge in [-0.2, -0.15) is 0 Å². The molecule has 0 unspecified atom stereocenters. The molecule has 1 aliphatic rings. The Labute approximate surface area is 450 Å². The third-order valence-corrected chi connectivity index (χ3v) is 11.7. The average molecular weight is 1050 g/mol. The van der Waals surface area contributed by atoms with Crippen LogP contribution in [0.25, 0.3) is 0 Å². The first-order chi connectivity index (χ1) is 37.1. The third-order valence-electron chi connectivity index (χ3n) is 11.7. The molecule has 0 radical (unpaired) electrons. The highest BCUT2D eigenvalue weighted by Gasteiger charge is 2.27. The maximum absolute atomic E-state index is 12.7. The molecule has 0 aliphatic heterocycles. The molecule has 15 nitrogen and oxygen atoms in total. The highest BCUT2D eigenvalue weighted by Crippen LogP contribution is 2.41. The van der Waals surface area contributed by atoms with Gasteiger partial charge in [0.1, 0.15) is 23.0 Å². The van der Waals surface area contributed by atoms with E-state index in [0.717, 1.165) is 17.1 Å². The van der Waals surface area contributed by atoms with E-state index in [-0.39, 0.29) is 74.4 Å². The molecule has 4 N–H and O–H groups in total. The Balaban J connectivity index is 0.000000426. The van der Waals surface area contributed by atoms with Gasteiger partial charge in [0.05, 0.1) is 48.7 Å². The third kappa shape index (κ3) is 17.8. The van der Waals surface area contributed by atoms with E-state index in [9.17, 15) is 39.6 Å². The molecule has 0 saturated heterocycles. The summed E-state index contributed by atoms with van der Waals surface area (Å²) < 4.78 is 25.5. The van der Waals surface area contributed by atoms with Gasteiger partial charge >= 0.3 is 23.9 Å². The molecule has 0 amide bonds. The number of benzene rings is 4. The van der Waals surface area contributed by atoms with Crippen molar-refractivity contribution in [2.45, 2.75) is 99.8 Å². The van der Waals surface area contributed by atoms with E-state index >= 15 is 0 Å². The van der Waals surface area contributed by atoms with Crippen LogP contribution >= 0.6 is 0 Å². The van der Waals surface area contributed by atoms with Gasteiger partial charge in [0.15, 0.2) is 0 Å². The standard InChI is InChI=1S/C44H48O12.3C6H7N/c1-5-9-53-37-25-13-27-19-34(42(47)48)21-29(38(27)54-10-6-2)15-31-23-36(44(51)52)24-32(40(31)56-12-8-4)16-30-22-35(43(49)50)20-28(39(30)55-11-7-3)14-26(37)18-33(17-25)41(45)46;3*1-6-4-2-3-5-7-6/h17-24H,5-16H2,1-4H3,(H,45,46)(H,47,48)(H,49,50)(H,51,52);3*2-5H,1H3. The molecule has 77 heavy (non-hydrogen) atoms. The predicted octanol–water partition coefficient (Wildman–Crippen LogP) is 12.5. The van der Waals surface area contributed by atoms with E-state index < -0.39 is 23.9 Å². The lowest BCUT2D eigenvalue weighted by Crippen LogP contribution is -2.13. The number of pyridine rings is 3. The number of carbonyl (C=O) groups is 4. The summed E-state index contributed by atoms with van der Waals surface area (Å²) in [4.78, 5) is 62.6. The van der Waals surface area contributed by atoms with Crippen molar-refractivity contribution in [1.29, 1.82) is 0 Å². The number of rotatable bonds is 16. The lowest BCUT2D eigenvalue weighted by atomic mass is 9.88. The monoisotopic (exact) mass is 1050 g/mol. The van der Waals surface area contributed by atoms with Crippen LogP contribution in [-0.4, -0.2) is 85.7 Å². The largest absolute Gasteiger partial charge is 0.493 e. The van der Waals surface area contributed by atoms with Crippen molar-refractivity contribution in [3.8, 4) is 23.0 Å². The maximum atomic E-state index is 12.7. The van der Waals surface area contributed by atoms with E-state index in [1.807, 2.05) is 103 Å². The highest BCUT2D eigenvalue weighted by atomic mass is 16.5. The van der Waals surface area contributed by atoms with E-state index in [0.29, 0.717) is 93.2 Å². The lowest BCUT2D eigenvalue weighted by molar-refractivity contribution is 0.0685. The van der Waals surface area contributed by atoms with Crippen molar-refractivity contribution in [2.75, 3.05) is 26.4 Å². The number of hydrogen-bond donors (Lipinski definition) is 4. The molecule has 3 aromatic heterocycles. The Morgan fingerprint density at radius 3 is 0.675 bits per heavy atom. The minimum Gasteiger partial charge on any atom is -0.493 e. The Hall–Kier alpha value is -8.59. The summed E-state index contributed by atoms with van der Waals surface area (Å²) in [5.74, 6) is -3.21. The predicted molar refractivity (Wildman–Crippen MR) is 295 cm³/mol. The number of hydrogen-bond acceptors (Lipinski definition) is 11. The van der Waals surface area contributed by atoms with E-state index in [1.54, 1.807) is 18.6 Å². The molecule has 0 saturated carbocycles. The average Bonchev–Trinajstić information content (AvgIpc) is 3.41. The van der Waals surface area contributed by atoms with Crippen LogP contribution in [0.5, 0.6) is 23.0 Å². The minimum atomic E-state index is -1.19. The first-order valence-corrected chi connectivity index (χ1v) is 25.8. The molecule has 8 bridgehead atoms. The van der Waals surface area contributed by atoms with Crippen molar-refractivity contribution in [3.05, 3.63) is 206 Å². The van der Waals surface area contributed by atoms with Gasteiger partial charge in [-0.25, -0.2) is 19.2 Å². The maximum Gasteiger partial charge on any atom is 0.335 e. The topological polar surface area (TPSA) is 225 Å². The fourth-order valence-corrected chi connectivity index (χ4v) is 8.29. The van der Waals surface area contributed by atoms with E-state index in [2.05, 4.69) is 15.0 Å². The summed E-state index contributed by atoms with van der Waals surface area (Å²) in [6, 6.07) is 29.6. The number of aromatic nitrogens is 3. The first-order valence-electron chi connectivity index (χ1n) is 25.8. The molecule has 8 rings (SSSR count). The number of fused-ring (bicyclic) bond motifs is 8. The number of aryl methyl sites for hydroxylation is 3. The lowest BCUT2D eigenvalue weighted by Gasteiger charge is -2.24. The van der Waals surface area contributed by atoms with Crippen LogP contribution in [0.3, 0.4) is 0 Å². The van der Waals surface area contributed by atoms with E-state index in [4.69, 9.17) is 18.9 Å². The van der Waals surface area contributed by atoms with Crippen LogP contribution in [0.15, 0.2) is 122 Å². The van der Waals surface area contributed by atoms with Crippen LogP contribution in [-0.2, 0) is 25.7 Å². The van der Waals surface area contributed by atoms with Crippen LogP contribution in [0.2, 0.25) is 0 Å². The Kier molecular flexibility index (Phi) is 23.2. The SMILES string of the molecule is CCCOc1c2cc(C(=O)O)cc1Cc1cc(C(=O)O)cc(c1OCCC)Cc1cc(C(=O)O)cc(c1OCCC)Cc1cc(C(=O)O)cc(c1OCCC)C2.Cc1ccccn1.Cc1ccccn1.Cc1ccccn1. The zero-order valence-corrected chi connectivity index (χ0v) is 44.9. The van der Waals surface area contributed by atoms with Gasteiger partial charge in [-0.05, 0) is 176 Å². The smallest absolute Gasteiger partial charge is 0.335 e. The molecule has 0 fully saturated rings. The molecule has 1 aliphatic carbocycles. The summed E-state index contributed by atoms with van der Waals surface area (Å²) in [5.41, 5.74) is 6.76. The van der Waals surface area contributed by atoms with Gasteiger partial charge in [-0.1, -0.05) is 45.9 Å². The van der Waals surface area contributed by atoms with Crippen molar-refractivity contribution >= 4 is 23.9 Å². The van der Waals surface area contributed by atoms with Gasteiger partial charge in [0.2, 0.25) is 0 Å². The Bertz CT molecular complexity index is 2590. The Morgan fingerprint density at radius 2 is 0.558 bits per heavy atom. The van der Waals surface area contributed by atoms with E-state index in [1.165, 1.54) is 48.5 Å². The van der Waals surface area contributed by atoms with Gasteiger partial charge in [0, 0.05) is 61.4 Å². The first kappa shape index (κ1) is 59.3. The molecule has 7 aromatic rings. The van der Waals surface area contributed by atoms with Gasteiger partial charge in [0.25, 0.3) is 0 Å². The number of carboxylic acid groups (broad SMARTS) is 4. The molecular weight excluding hydrogens is 979 g/mol. The van der Waals surface area contributed by atoms with Crippen molar-refractivity contribution in [1.82, 2.24) is 15.0 Å². The zero-order chi connectivity index (χ0) is 55.9. The molecule has 15 heteroatoms. The van der Waals surface area contributed by atoms with Crippen molar-refractivity contribution in [2.24, 2.45) is 0 Å². The normalized spacial score (nSPS) is 11.2. The summed E-state index contributed by atoms with van der Waals surface area (Å²) in [7, 11) is 0. The minimum absolute atomic E-state index is 0.0134. The second-order valence-electron chi connectivity index (χ2n) is 18.2. The summed E-state index contributed by atoms with van der Waals surface area (Å²) in [6.45, 7) is 14.8.